The van der Waals surface area contributed by atoms with Crippen molar-refractivity contribution < 1.29 is 9.21 Å². The molecule has 2 aromatic heterocycles. The molecule has 4 nitrogen and oxygen atoms in total. The molecule has 0 spiro atoms. The fraction of sp³-hybridized carbons (Fsp3) is 0.294. The molecule has 4 heteroatoms. The molecule has 0 aliphatic heterocycles. The van der Waals surface area contributed by atoms with Crippen LogP contribution in [-0.4, -0.2) is 15.6 Å². The number of ketones is 1. The standard InChI is InChI=1S/C17H18N2O2/c1-5-19-12(4)15(11(3)18-19)16(20)14-9-13-8-6-7-10(2)17(13)21-14/h6-9H,5H2,1-4H3. The van der Waals surface area contributed by atoms with Crippen LogP contribution in [0.4, 0.5) is 0 Å². The molecule has 3 aromatic rings. The molecule has 0 bridgehead atoms. The van der Waals surface area contributed by atoms with Crippen LogP contribution in [0.1, 0.15) is 40.0 Å². The average molecular weight is 282 g/mol. The number of para-hydroxylation sites is 1. The van der Waals surface area contributed by atoms with Crippen LogP contribution in [0.15, 0.2) is 28.7 Å². The Hall–Kier alpha value is -2.36. The Bertz CT molecular complexity index is 840. The van der Waals surface area contributed by atoms with Crippen LogP contribution in [0, 0.1) is 20.8 Å². The summed E-state index contributed by atoms with van der Waals surface area (Å²) < 4.78 is 7.63. The van der Waals surface area contributed by atoms with Gasteiger partial charge in [-0.3, -0.25) is 9.48 Å². The van der Waals surface area contributed by atoms with E-state index in [1.54, 1.807) is 0 Å². The Balaban J connectivity index is 2.13. The van der Waals surface area contributed by atoms with Gasteiger partial charge < -0.3 is 4.42 Å². The maximum absolute atomic E-state index is 12.8. The molecular weight excluding hydrogens is 264 g/mol. The van der Waals surface area contributed by atoms with Gasteiger partial charge >= 0.3 is 0 Å². The highest BCUT2D eigenvalue weighted by Crippen LogP contribution is 2.26. The number of rotatable bonds is 3. The number of aryl methyl sites for hydroxylation is 3. The Morgan fingerprint density at radius 1 is 1.29 bits per heavy atom. The van der Waals surface area contributed by atoms with E-state index in [1.807, 2.05) is 56.6 Å². The first-order valence-electron chi connectivity index (χ1n) is 7.10. The molecule has 0 atom stereocenters. The van der Waals surface area contributed by atoms with Gasteiger partial charge in [0.05, 0.1) is 11.3 Å². The Kier molecular flexibility index (Phi) is 3.16. The lowest BCUT2D eigenvalue weighted by Gasteiger charge is -2.00. The van der Waals surface area contributed by atoms with E-state index >= 15 is 0 Å². The van der Waals surface area contributed by atoms with Gasteiger partial charge in [0.25, 0.3) is 0 Å². The largest absolute Gasteiger partial charge is 0.452 e. The predicted molar refractivity (Wildman–Crippen MR) is 81.8 cm³/mol. The number of carbonyl (C=O) groups is 1. The molecule has 0 aliphatic rings. The van der Waals surface area contributed by atoms with Gasteiger partial charge in [-0.05, 0) is 39.3 Å². The lowest BCUT2D eigenvalue weighted by Crippen LogP contribution is -2.04. The van der Waals surface area contributed by atoms with Crippen LogP contribution < -0.4 is 0 Å². The van der Waals surface area contributed by atoms with Crippen molar-refractivity contribution in [2.45, 2.75) is 34.2 Å². The number of aromatic nitrogens is 2. The third kappa shape index (κ3) is 2.07. The van der Waals surface area contributed by atoms with Crippen LogP contribution in [-0.2, 0) is 6.54 Å². The molecule has 0 radical (unpaired) electrons. The van der Waals surface area contributed by atoms with Gasteiger partial charge in [0.1, 0.15) is 5.58 Å². The molecule has 21 heavy (non-hydrogen) atoms. The first-order valence-corrected chi connectivity index (χ1v) is 7.10. The zero-order valence-electron chi connectivity index (χ0n) is 12.7. The molecule has 0 saturated heterocycles. The summed E-state index contributed by atoms with van der Waals surface area (Å²) in [5.41, 5.74) is 4.09. The summed E-state index contributed by atoms with van der Waals surface area (Å²) in [5, 5.41) is 5.36. The molecular formula is C17H18N2O2. The summed E-state index contributed by atoms with van der Waals surface area (Å²) in [6, 6.07) is 7.71. The van der Waals surface area contributed by atoms with Gasteiger partial charge in [-0.2, -0.15) is 5.10 Å². The van der Waals surface area contributed by atoms with Crippen molar-refractivity contribution in [3.05, 3.63) is 52.5 Å². The maximum Gasteiger partial charge on any atom is 0.231 e. The zero-order chi connectivity index (χ0) is 15.1. The molecule has 1 aromatic carbocycles. The molecule has 108 valence electrons. The van der Waals surface area contributed by atoms with E-state index in [4.69, 9.17) is 4.42 Å². The van der Waals surface area contributed by atoms with Gasteiger partial charge in [0.2, 0.25) is 5.78 Å². The monoisotopic (exact) mass is 282 g/mol. The van der Waals surface area contributed by atoms with Crippen molar-refractivity contribution in [2.75, 3.05) is 0 Å². The number of carbonyl (C=O) groups excluding carboxylic acids is 1. The van der Waals surface area contributed by atoms with Crippen molar-refractivity contribution >= 4 is 16.8 Å². The van der Waals surface area contributed by atoms with E-state index in [0.29, 0.717) is 11.3 Å². The number of furan rings is 1. The van der Waals surface area contributed by atoms with Crippen molar-refractivity contribution in [2.24, 2.45) is 0 Å². The predicted octanol–water partition coefficient (Wildman–Crippen LogP) is 3.81. The van der Waals surface area contributed by atoms with Crippen molar-refractivity contribution in [1.82, 2.24) is 9.78 Å². The van der Waals surface area contributed by atoms with Crippen molar-refractivity contribution in [3.8, 4) is 0 Å². The highest BCUT2D eigenvalue weighted by Gasteiger charge is 2.22. The molecule has 0 N–H and O–H groups in total. The second-order valence-electron chi connectivity index (χ2n) is 5.29. The van der Waals surface area contributed by atoms with E-state index in [9.17, 15) is 4.79 Å². The first-order chi connectivity index (χ1) is 10.0. The number of nitrogens with zero attached hydrogens (tertiary/aromatic N) is 2. The Morgan fingerprint density at radius 3 is 2.67 bits per heavy atom. The second-order valence-corrected chi connectivity index (χ2v) is 5.29. The van der Waals surface area contributed by atoms with Gasteiger partial charge in [-0.15, -0.1) is 0 Å². The van der Waals surface area contributed by atoms with E-state index in [1.165, 1.54) is 0 Å². The molecule has 0 amide bonds. The highest BCUT2D eigenvalue weighted by atomic mass is 16.3. The molecule has 0 aliphatic carbocycles. The number of benzene rings is 1. The van der Waals surface area contributed by atoms with E-state index in [-0.39, 0.29) is 5.78 Å². The third-order valence-electron chi connectivity index (χ3n) is 3.87. The van der Waals surface area contributed by atoms with Gasteiger partial charge in [0.15, 0.2) is 5.76 Å². The molecule has 2 heterocycles. The van der Waals surface area contributed by atoms with Gasteiger partial charge in [-0.1, -0.05) is 18.2 Å². The molecule has 0 unspecified atom stereocenters. The lowest BCUT2D eigenvalue weighted by atomic mass is 10.1. The highest BCUT2D eigenvalue weighted by molar-refractivity contribution is 6.10. The maximum atomic E-state index is 12.8. The SMILES string of the molecule is CCn1nc(C)c(C(=O)c2cc3cccc(C)c3o2)c1C. The fourth-order valence-electron chi connectivity index (χ4n) is 2.78. The second kappa shape index (κ2) is 4.88. The van der Waals surface area contributed by atoms with Crippen molar-refractivity contribution in [1.29, 1.82) is 0 Å². The van der Waals surface area contributed by atoms with Crippen LogP contribution in [0.25, 0.3) is 11.0 Å². The van der Waals surface area contributed by atoms with Gasteiger partial charge in [-0.25, -0.2) is 0 Å². The van der Waals surface area contributed by atoms with E-state index in [0.717, 1.165) is 34.5 Å². The minimum absolute atomic E-state index is 0.0969. The number of hydrogen-bond donors (Lipinski definition) is 0. The minimum Gasteiger partial charge on any atom is -0.452 e. The zero-order valence-corrected chi connectivity index (χ0v) is 12.7. The summed E-state index contributed by atoms with van der Waals surface area (Å²) in [4.78, 5) is 12.8. The molecule has 0 saturated carbocycles. The lowest BCUT2D eigenvalue weighted by molar-refractivity contribution is 0.101. The van der Waals surface area contributed by atoms with Crippen LogP contribution in [0.2, 0.25) is 0 Å². The topological polar surface area (TPSA) is 48.0 Å². The number of hydrogen-bond acceptors (Lipinski definition) is 3. The number of fused-ring (bicyclic) bond motifs is 1. The summed E-state index contributed by atoms with van der Waals surface area (Å²) in [5.74, 6) is 0.279. The Morgan fingerprint density at radius 2 is 2.05 bits per heavy atom. The Labute approximate surface area is 123 Å². The van der Waals surface area contributed by atoms with E-state index in [2.05, 4.69) is 5.10 Å². The van der Waals surface area contributed by atoms with Crippen LogP contribution in [0.3, 0.4) is 0 Å². The van der Waals surface area contributed by atoms with Crippen LogP contribution >= 0.6 is 0 Å². The molecule has 3 rings (SSSR count). The first kappa shape index (κ1) is 13.6. The summed E-state index contributed by atoms with van der Waals surface area (Å²) >= 11 is 0. The minimum atomic E-state index is -0.0969. The summed E-state index contributed by atoms with van der Waals surface area (Å²) in [6.45, 7) is 8.52. The van der Waals surface area contributed by atoms with E-state index < -0.39 is 0 Å². The fourth-order valence-corrected chi connectivity index (χ4v) is 2.78. The van der Waals surface area contributed by atoms with Crippen LogP contribution in [0.5, 0.6) is 0 Å². The molecule has 0 fully saturated rings. The normalized spacial score (nSPS) is 11.2. The quantitative estimate of drug-likeness (QED) is 0.686. The third-order valence-corrected chi connectivity index (χ3v) is 3.87. The summed E-state index contributed by atoms with van der Waals surface area (Å²) in [7, 11) is 0. The smallest absolute Gasteiger partial charge is 0.231 e. The van der Waals surface area contributed by atoms with Crippen molar-refractivity contribution in [3.63, 3.8) is 0 Å². The average Bonchev–Trinajstić information content (AvgIpc) is 3.01. The van der Waals surface area contributed by atoms with Gasteiger partial charge in [0, 0.05) is 17.6 Å². The summed E-state index contributed by atoms with van der Waals surface area (Å²) in [6.07, 6.45) is 0.